The Bertz CT molecular complexity index is 450. The van der Waals surface area contributed by atoms with Crippen LogP contribution in [0.1, 0.15) is 22.2 Å². The molecule has 0 radical (unpaired) electrons. The van der Waals surface area contributed by atoms with Gasteiger partial charge in [-0.1, -0.05) is 13.0 Å². The third-order valence-electron chi connectivity index (χ3n) is 2.75. The zero-order chi connectivity index (χ0) is 12.1. The average molecular weight is 246 g/mol. The molecule has 0 aliphatic carbocycles. The number of nitrogens with two attached hydrogens (primary N) is 1. The van der Waals surface area contributed by atoms with Crippen molar-refractivity contribution >= 4 is 11.3 Å². The molecule has 0 spiro atoms. The van der Waals surface area contributed by atoms with Gasteiger partial charge in [-0.3, -0.25) is 4.98 Å². The molecule has 0 aliphatic rings. The van der Waals surface area contributed by atoms with Crippen LogP contribution >= 0.6 is 11.3 Å². The van der Waals surface area contributed by atoms with Crippen LogP contribution in [0.5, 0.6) is 0 Å². The van der Waals surface area contributed by atoms with Crippen molar-refractivity contribution in [3.05, 3.63) is 52.0 Å². The van der Waals surface area contributed by atoms with E-state index in [9.17, 15) is 0 Å². The van der Waals surface area contributed by atoms with E-state index in [0.717, 1.165) is 19.3 Å². The Kier molecular flexibility index (Phi) is 4.29. The Morgan fingerprint density at radius 1 is 1.24 bits per heavy atom. The van der Waals surface area contributed by atoms with E-state index in [0.29, 0.717) is 0 Å². The molecule has 90 valence electrons. The molecule has 2 heterocycles. The Morgan fingerprint density at radius 2 is 2.06 bits per heavy atom. The van der Waals surface area contributed by atoms with Gasteiger partial charge in [0.05, 0.1) is 0 Å². The van der Waals surface area contributed by atoms with Crippen LogP contribution in [0, 0.1) is 0 Å². The van der Waals surface area contributed by atoms with Crippen molar-refractivity contribution in [2.24, 2.45) is 5.73 Å². The summed E-state index contributed by atoms with van der Waals surface area (Å²) in [5.41, 5.74) is 7.38. The second-order valence-corrected chi connectivity index (χ2v) is 5.50. The molecule has 3 heteroatoms. The van der Waals surface area contributed by atoms with Crippen LogP contribution in [0.2, 0.25) is 0 Å². The Labute approximate surface area is 107 Å². The first kappa shape index (κ1) is 12.3. The van der Waals surface area contributed by atoms with Crippen LogP contribution in [0.4, 0.5) is 0 Å². The highest BCUT2D eigenvalue weighted by Gasteiger charge is 2.07. The maximum Gasteiger partial charge on any atom is 0.0300 e. The molecule has 0 saturated carbocycles. The zero-order valence-electron chi connectivity index (χ0n) is 10.1. The summed E-state index contributed by atoms with van der Waals surface area (Å²) in [6, 6.07) is 8.63. The van der Waals surface area contributed by atoms with E-state index in [-0.39, 0.29) is 6.04 Å². The Balaban J connectivity index is 1.91. The second-order valence-electron chi connectivity index (χ2n) is 4.25. The number of rotatable bonds is 5. The predicted octanol–water partition coefficient (Wildman–Crippen LogP) is 2.82. The van der Waals surface area contributed by atoms with Gasteiger partial charge in [-0.2, -0.15) is 0 Å². The molecule has 1 atom stereocenters. The summed E-state index contributed by atoms with van der Waals surface area (Å²) >= 11 is 1.88. The van der Waals surface area contributed by atoms with Crippen molar-refractivity contribution in [3.63, 3.8) is 0 Å². The molecule has 2 aromatic heterocycles. The summed E-state index contributed by atoms with van der Waals surface area (Å²) in [5, 5.41) is 0. The highest BCUT2D eigenvalue weighted by molar-refractivity contribution is 7.11. The summed E-state index contributed by atoms with van der Waals surface area (Å²) in [4.78, 5) is 6.93. The third kappa shape index (κ3) is 3.65. The minimum Gasteiger partial charge on any atom is -0.327 e. The minimum absolute atomic E-state index is 0.183. The largest absolute Gasteiger partial charge is 0.327 e. The quantitative estimate of drug-likeness (QED) is 0.881. The lowest BCUT2D eigenvalue weighted by Gasteiger charge is -2.09. The molecule has 2 aromatic rings. The molecule has 0 aromatic carbocycles. The summed E-state index contributed by atoms with van der Waals surface area (Å²) in [5.74, 6) is 0. The van der Waals surface area contributed by atoms with E-state index >= 15 is 0 Å². The molecule has 0 bridgehead atoms. The lowest BCUT2D eigenvalue weighted by atomic mass is 10.1. The van der Waals surface area contributed by atoms with Gasteiger partial charge in [-0.05, 0) is 43.0 Å². The highest BCUT2D eigenvalue weighted by Crippen LogP contribution is 2.18. The topological polar surface area (TPSA) is 38.9 Å². The SMILES string of the molecule is CCc1ccc(CC(N)Cc2cccnc2)s1. The van der Waals surface area contributed by atoms with Crippen molar-refractivity contribution in [2.45, 2.75) is 32.2 Å². The van der Waals surface area contributed by atoms with Crippen LogP contribution in [-0.4, -0.2) is 11.0 Å². The summed E-state index contributed by atoms with van der Waals surface area (Å²) in [6.07, 6.45) is 6.66. The molecule has 0 fully saturated rings. The number of thiophene rings is 1. The number of hydrogen-bond donors (Lipinski definition) is 1. The lowest BCUT2D eigenvalue weighted by Crippen LogP contribution is -2.25. The first-order valence-electron chi connectivity index (χ1n) is 6.00. The van der Waals surface area contributed by atoms with Crippen LogP contribution < -0.4 is 5.73 Å². The number of hydrogen-bond acceptors (Lipinski definition) is 3. The van der Waals surface area contributed by atoms with Crippen molar-refractivity contribution in [3.8, 4) is 0 Å². The van der Waals surface area contributed by atoms with Gasteiger partial charge < -0.3 is 5.73 Å². The molecule has 2 rings (SSSR count). The first-order chi connectivity index (χ1) is 8.28. The molecular weight excluding hydrogens is 228 g/mol. The van der Waals surface area contributed by atoms with Crippen LogP contribution in [-0.2, 0) is 19.3 Å². The smallest absolute Gasteiger partial charge is 0.0300 e. The van der Waals surface area contributed by atoms with E-state index in [2.05, 4.69) is 30.1 Å². The maximum absolute atomic E-state index is 6.17. The minimum atomic E-state index is 0.183. The second kappa shape index (κ2) is 5.94. The normalized spacial score (nSPS) is 12.6. The monoisotopic (exact) mass is 246 g/mol. The first-order valence-corrected chi connectivity index (χ1v) is 6.81. The van der Waals surface area contributed by atoms with Gasteiger partial charge in [0.25, 0.3) is 0 Å². The highest BCUT2D eigenvalue weighted by atomic mass is 32.1. The number of nitrogens with zero attached hydrogens (tertiary/aromatic N) is 1. The molecule has 0 aliphatic heterocycles. The number of aromatic nitrogens is 1. The standard InChI is InChI=1S/C14H18N2S/c1-2-13-5-6-14(17-13)9-12(15)8-11-4-3-7-16-10-11/h3-7,10,12H,2,8-9,15H2,1H3. The fourth-order valence-electron chi connectivity index (χ4n) is 1.87. The summed E-state index contributed by atoms with van der Waals surface area (Å²) in [6.45, 7) is 2.19. The van der Waals surface area contributed by atoms with Gasteiger partial charge in [0.1, 0.15) is 0 Å². The summed E-state index contributed by atoms with van der Waals surface area (Å²) in [7, 11) is 0. The van der Waals surface area contributed by atoms with Crippen molar-refractivity contribution in [1.82, 2.24) is 4.98 Å². The Hall–Kier alpha value is -1.19. The lowest BCUT2D eigenvalue weighted by molar-refractivity contribution is 0.669. The predicted molar refractivity (Wildman–Crippen MR) is 73.3 cm³/mol. The van der Waals surface area contributed by atoms with Gasteiger partial charge in [0, 0.05) is 28.2 Å². The van der Waals surface area contributed by atoms with Gasteiger partial charge in [-0.15, -0.1) is 11.3 Å². The van der Waals surface area contributed by atoms with E-state index in [1.807, 2.05) is 23.6 Å². The van der Waals surface area contributed by atoms with Crippen LogP contribution in [0.15, 0.2) is 36.7 Å². The van der Waals surface area contributed by atoms with E-state index in [4.69, 9.17) is 5.73 Å². The van der Waals surface area contributed by atoms with Crippen molar-refractivity contribution in [1.29, 1.82) is 0 Å². The van der Waals surface area contributed by atoms with Crippen LogP contribution in [0.3, 0.4) is 0 Å². The van der Waals surface area contributed by atoms with Gasteiger partial charge in [0.2, 0.25) is 0 Å². The average Bonchev–Trinajstić information content (AvgIpc) is 2.78. The summed E-state index contributed by atoms with van der Waals surface area (Å²) < 4.78 is 0. The van der Waals surface area contributed by atoms with Crippen molar-refractivity contribution in [2.75, 3.05) is 0 Å². The molecule has 17 heavy (non-hydrogen) atoms. The fraction of sp³-hybridized carbons (Fsp3) is 0.357. The van der Waals surface area contributed by atoms with Gasteiger partial charge in [-0.25, -0.2) is 0 Å². The Morgan fingerprint density at radius 3 is 2.71 bits per heavy atom. The molecule has 0 saturated heterocycles. The molecule has 0 amide bonds. The van der Waals surface area contributed by atoms with E-state index < -0.39 is 0 Å². The molecular formula is C14H18N2S. The number of pyridine rings is 1. The van der Waals surface area contributed by atoms with Gasteiger partial charge in [0.15, 0.2) is 0 Å². The third-order valence-corrected chi connectivity index (χ3v) is 4.00. The molecule has 1 unspecified atom stereocenters. The molecule has 2 nitrogen and oxygen atoms in total. The number of aryl methyl sites for hydroxylation is 1. The molecule has 2 N–H and O–H groups in total. The maximum atomic E-state index is 6.17. The zero-order valence-corrected chi connectivity index (χ0v) is 10.9. The van der Waals surface area contributed by atoms with E-state index in [1.165, 1.54) is 15.3 Å². The van der Waals surface area contributed by atoms with Crippen molar-refractivity contribution < 1.29 is 0 Å². The van der Waals surface area contributed by atoms with Gasteiger partial charge >= 0.3 is 0 Å². The van der Waals surface area contributed by atoms with Crippen LogP contribution in [0.25, 0.3) is 0 Å². The fourth-order valence-corrected chi connectivity index (χ4v) is 2.92. The van der Waals surface area contributed by atoms with E-state index in [1.54, 1.807) is 6.20 Å².